The summed E-state index contributed by atoms with van der Waals surface area (Å²) in [6.45, 7) is 12.0. The van der Waals surface area contributed by atoms with E-state index in [2.05, 4.69) is 6.92 Å². The number of hydrogen-bond donors (Lipinski definition) is 1. The molecule has 0 rings (SSSR count). The van der Waals surface area contributed by atoms with Gasteiger partial charge in [0.2, 0.25) is 0 Å². The zero-order valence-electron chi connectivity index (χ0n) is 16.6. The number of unbranched alkanes of at least 4 members (excludes halogenated alkanes) is 3. The first-order chi connectivity index (χ1) is 11.2. The van der Waals surface area contributed by atoms with Crippen LogP contribution in [0.25, 0.3) is 0 Å². The second-order valence-corrected chi connectivity index (χ2v) is 7.87. The molecule has 0 amide bonds. The summed E-state index contributed by atoms with van der Waals surface area (Å²) in [5, 5.41) is 9.82. The van der Waals surface area contributed by atoms with Crippen molar-refractivity contribution in [2.24, 2.45) is 17.3 Å². The van der Waals surface area contributed by atoms with Crippen LogP contribution in [0.15, 0.2) is 0 Å². The van der Waals surface area contributed by atoms with Gasteiger partial charge < -0.3 is 9.84 Å². The summed E-state index contributed by atoms with van der Waals surface area (Å²) < 4.78 is 5.69. The Morgan fingerprint density at radius 2 is 1.50 bits per heavy atom. The lowest BCUT2D eigenvalue weighted by Crippen LogP contribution is -2.44. The number of ether oxygens (including phenoxy) is 1. The summed E-state index contributed by atoms with van der Waals surface area (Å²) in [7, 11) is 0. The minimum absolute atomic E-state index is 0.122. The Morgan fingerprint density at radius 1 is 0.958 bits per heavy atom. The lowest BCUT2D eigenvalue weighted by molar-refractivity contribution is -0.176. The van der Waals surface area contributed by atoms with Crippen LogP contribution in [0.4, 0.5) is 0 Å². The summed E-state index contributed by atoms with van der Waals surface area (Å²) in [6, 6.07) is 0. The van der Waals surface area contributed by atoms with Crippen LogP contribution in [0.1, 0.15) is 92.9 Å². The minimum atomic E-state index is -1.42. The van der Waals surface area contributed by atoms with Crippen molar-refractivity contribution in [2.45, 2.75) is 99.0 Å². The zero-order chi connectivity index (χ0) is 18.8. The van der Waals surface area contributed by atoms with Gasteiger partial charge in [0.1, 0.15) is 6.10 Å². The lowest BCUT2D eigenvalue weighted by atomic mass is 9.74. The van der Waals surface area contributed by atoms with Gasteiger partial charge in [0, 0.05) is 0 Å². The van der Waals surface area contributed by atoms with E-state index in [9.17, 15) is 14.7 Å². The first kappa shape index (κ1) is 22.9. The molecule has 4 nitrogen and oxygen atoms in total. The van der Waals surface area contributed by atoms with Gasteiger partial charge in [-0.1, -0.05) is 60.8 Å². The van der Waals surface area contributed by atoms with Crippen LogP contribution in [0.3, 0.4) is 0 Å². The molecule has 4 heteroatoms. The number of aliphatic carboxylic acids is 1. The van der Waals surface area contributed by atoms with E-state index in [1.165, 1.54) is 12.8 Å². The second kappa shape index (κ2) is 11.5. The molecule has 0 saturated carbocycles. The Balaban J connectivity index is 5.09. The normalized spacial score (nSPS) is 13.3. The van der Waals surface area contributed by atoms with Crippen molar-refractivity contribution >= 4 is 11.9 Å². The monoisotopic (exact) mass is 342 g/mol. The van der Waals surface area contributed by atoms with E-state index in [4.69, 9.17) is 4.74 Å². The highest BCUT2D eigenvalue weighted by Gasteiger charge is 2.48. The summed E-state index contributed by atoms with van der Waals surface area (Å²) in [6.07, 6.45) is 6.54. The second-order valence-electron chi connectivity index (χ2n) is 7.87. The number of carbonyl (C=O) groups excluding carboxylic acids is 1. The van der Waals surface area contributed by atoms with Crippen molar-refractivity contribution in [3.8, 4) is 0 Å². The molecule has 0 radical (unpaired) electrons. The van der Waals surface area contributed by atoms with E-state index in [0.29, 0.717) is 12.8 Å². The highest BCUT2D eigenvalue weighted by Crippen LogP contribution is 2.36. The Kier molecular flexibility index (Phi) is 11.0. The molecule has 0 spiro atoms. The van der Waals surface area contributed by atoms with Gasteiger partial charge in [-0.25, -0.2) is 0 Å². The van der Waals surface area contributed by atoms with E-state index in [1.807, 2.05) is 34.6 Å². The average molecular weight is 343 g/mol. The fraction of sp³-hybridized carbons (Fsp3) is 0.900. The zero-order valence-corrected chi connectivity index (χ0v) is 16.6. The minimum Gasteiger partial charge on any atom is -0.480 e. The molecule has 1 unspecified atom stereocenters. The van der Waals surface area contributed by atoms with E-state index < -0.39 is 17.4 Å². The van der Waals surface area contributed by atoms with Crippen LogP contribution in [-0.4, -0.2) is 23.1 Å². The van der Waals surface area contributed by atoms with Crippen LogP contribution < -0.4 is 0 Å². The van der Waals surface area contributed by atoms with Crippen LogP contribution in [-0.2, 0) is 14.3 Å². The number of carboxylic acids is 1. The maximum absolute atomic E-state index is 12.8. The van der Waals surface area contributed by atoms with Crippen LogP contribution >= 0.6 is 0 Å². The van der Waals surface area contributed by atoms with E-state index in [0.717, 1.165) is 25.7 Å². The Morgan fingerprint density at radius 3 is 1.88 bits per heavy atom. The Hall–Kier alpha value is -1.06. The number of esters is 1. The molecule has 0 saturated heterocycles. The third kappa shape index (κ3) is 7.67. The quantitative estimate of drug-likeness (QED) is 0.275. The van der Waals surface area contributed by atoms with Gasteiger partial charge in [-0.15, -0.1) is 0 Å². The molecule has 0 aliphatic carbocycles. The maximum Gasteiger partial charge on any atom is 0.323 e. The van der Waals surface area contributed by atoms with Gasteiger partial charge >= 0.3 is 11.9 Å². The predicted octanol–water partition coefficient (Wildman–Crippen LogP) is 5.44. The van der Waals surface area contributed by atoms with E-state index in [1.54, 1.807) is 0 Å². The standard InChI is InChI=1S/C20H38O4/c1-7-9-10-11-12-17(8-2)24-19(23)20(18(21)22,13-15(3)4)14-16(5)6/h15-17H,7-14H2,1-6H3,(H,21,22). The molecule has 0 aromatic rings. The van der Waals surface area contributed by atoms with Crippen molar-refractivity contribution < 1.29 is 19.4 Å². The average Bonchev–Trinajstić information content (AvgIpc) is 2.48. The van der Waals surface area contributed by atoms with Gasteiger partial charge in [0.15, 0.2) is 5.41 Å². The van der Waals surface area contributed by atoms with E-state index >= 15 is 0 Å². The predicted molar refractivity (Wildman–Crippen MR) is 97.9 cm³/mol. The third-order valence-corrected chi connectivity index (χ3v) is 4.42. The summed E-state index contributed by atoms with van der Waals surface area (Å²) >= 11 is 0. The van der Waals surface area contributed by atoms with Crippen LogP contribution in [0.5, 0.6) is 0 Å². The number of carboxylic acid groups (broad SMARTS) is 1. The molecular formula is C20H38O4. The molecule has 0 bridgehead atoms. The molecule has 0 heterocycles. The number of hydrogen-bond acceptors (Lipinski definition) is 3. The Labute approximate surface area is 148 Å². The van der Waals surface area contributed by atoms with Gasteiger partial charge in [-0.2, -0.15) is 0 Å². The van der Waals surface area contributed by atoms with Crippen LogP contribution in [0, 0.1) is 17.3 Å². The third-order valence-electron chi connectivity index (χ3n) is 4.42. The highest BCUT2D eigenvalue weighted by atomic mass is 16.5. The molecule has 0 aromatic carbocycles. The molecule has 0 aliphatic heterocycles. The van der Waals surface area contributed by atoms with E-state index in [-0.39, 0.29) is 17.9 Å². The van der Waals surface area contributed by atoms with Crippen molar-refractivity contribution in [1.82, 2.24) is 0 Å². The largest absolute Gasteiger partial charge is 0.480 e. The number of carbonyl (C=O) groups is 2. The fourth-order valence-corrected chi connectivity index (χ4v) is 3.32. The Bertz CT molecular complexity index is 364. The fourth-order valence-electron chi connectivity index (χ4n) is 3.32. The highest BCUT2D eigenvalue weighted by molar-refractivity contribution is 5.99. The molecule has 0 aromatic heterocycles. The molecule has 24 heavy (non-hydrogen) atoms. The molecule has 0 fully saturated rings. The maximum atomic E-state index is 12.8. The first-order valence-corrected chi connectivity index (χ1v) is 9.64. The van der Waals surface area contributed by atoms with Crippen molar-refractivity contribution in [3.05, 3.63) is 0 Å². The molecule has 1 N–H and O–H groups in total. The summed E-state index contributed by atoms with van der Waals surface area (Å²) in [5.74, 6) is -1.34. The smallest absolute Gasteiger partial charge is 0.323 e. The summed E-state index contributed by atoms with van der Waals surface area (Å²) in [4.78, 5) is 24.8. The molecule has 142 valence electrons. The molecular weight excluding hydrogens is 304 g/mol. The van der Waals surface area contributed by atoms with Gasteiger partial charge in [-0.3, -0.25) is 9.59 Å². The summed E-state index contributed by atoms with van der Waals surface area (Å²) in [5.41, 5.74) is -1.42. The van der Waals surface area contributed by atoms with Gasteiger partial charge in [0.25, 0.3) is 0 Å². The first-order valence-electron chi connectivity index (χ1n) is 9.64. The molecule has 0 aliphatic rings. The van der Waals surface area contributed by atoms with Crippen molar-refractivity contribution in [1.29, 1.82) is 0 Å². The van der Waals surface area contributed by atoms with Gasteiger partial charge in [0.05, 0.1) is 0 Å². The van der Waals surface area contributed by atoms with Crippen molar-refractivity contribution in [3.63, 3.8) is 0 Å². The van der Waals surface area contributed by atoms with Gasteiger partial charge in [-0.05, 0) is 43.9 Å². The SMILES string of the molecule is CCCCCCC(CC)OC(=O)C(CC(C)C)(CC(C)C)C(=O)O. The molecule has 1 atom stereocenters. The van der Waals surface area contributed by atoms with Crippen molar-refractivity contribution in [2.75, 3.05) is 0 Å². The topological polar surface area (TPSA) is 63.6 Å². The van der Waals surface area contributed by atoms with Crippen LogP contribution in [0.2, 0.25) is 0 Å². The number of rotatable bonds is 13. The lowest BCUT2D eigenvalue weighted by Gasteiger charge is -2.32.